The van der Waals surface area contributed by atoms with Gasteiger partial charge in [0.15, 0.2) is 0 Å². The van der Waals surface area contributed by atoms with Gasteiger partial charge in [0.25, 0.3) is 0 Å². The van der Waals surface area contributed by atoms with E-state index in [0.717, 1.165) is 5.56 Å². The highest BCUT2D eigenvalue weighted by molar-refractivity contribution is 5.79. The molecule has 9 nitrogen and oxygen atoms in total. The molecule has 1 atom stereocenters. The van der Waals surface area contributed by atoms with Gasteiger partial charge < -0.3 is 15.2 Å². The SMILES string of the molecule is O=NN(O)CCC[C@H](NC(=O)OCc1ccccc1)C(=O)O. The number of hydrogen-bond donors (Lipinski definition) is 3. The van der Waals surface area contributed by atoms with E-state index in [-0.39, 0.29) is 31.2 Å². The zero-order valence-corrected chi connectivity index (χ0v) is 11.7. The molecule has 1 aromatic carbocycles. The summed E-state index contributed by atoms with van der Waals surface area (Å²) in [6, 6.07) is 7.76. The lowest BCUT2D eigenvalue weighted by Crippen LogP contribution is -2.41. The van der Waals surface area contributed by atoms with Crippen LogP contribution in [0.5, 0.6) is 0 Å². The van der Waals surface area contributed by atoms with Crippen LogP contribution in [0.1, 0.15) is 18.4 Å². The molecule has 0 spiro atoms. The Balaban J connectivity index is 2.37. The number of carboxylic acids is 1. The number of carbonyl (C=O) groups is 2. The van der Waals surface area contributed by atoms with E-state index in [2.05, 4.69) is 10.6 Å². The third kappa shape index (κ3) is 6.66. The second kappa shape index (κ2) is 9.29. The Labute approximate surface area is 126 Å². The normalized spacial score (nSPS) is 11.3. The van der Waals surface area contributed by atoms with Crippen molar-refractivity contribution in [2.24, 2.45) is 5.29 Å². The molecule has 0 aliphatic heterocycles. The van der Waals surface area contributed by atoms with E-state index in [0.29, 0.717) is 0 Å². The van der Waals surface area contributed by atoms with E-state index in [1.807, 2.05) is 6.07 Å². The van der Waals surface area contributed by atoms with Crippen molar-refractivity contribution in [2.75, 3.05) is 6.54 Å². The number of carbonyl (C=O) groups excluding carboxylic acids is 1. The lowest BCUT2D eigenvalue weighted by Gasteiger charge is -2.15. The zero-order valence-electron chi connectivity index (χ0n) is 11.7. The second-order valence-electron chi connectivity index (χ2n) is 4.42. The minimum absolute atomic E-state index is 0.0162. The number of nitroso groups, excluding NO2 is 1. The summed E-state index contributed by atoms with van der Waals surface area (Å²) < 4.78 is 4.92. The van der Waals surface area contributed by atoms with Crippen LogP contribution < -0.4 is 5.32 Å². The number of ether oxygens (including phenoxy) is 1. The van der Waals surface area contributed by atoms with Crippen LogP contribution in [-0.2, 0) is 16.1 Å². The van der Waals surface area contributed by atoms with Gasteiger partial charge in [0, 0.05) is 0 Å². The highest BCUT2D eigenvalue weighted by Crippen LogP contribution is 2.03. The average molecular weight is 311 g/mol. The largest absolute Gasteiger partial charge is 0.480 e. The van der Waals surface area contributed by atoms with E-state index in [1.54, 1.807) is 24.3 Å². The smallest absolute Gasteiger partial charge is 0.408 e. The molecule has 120 valence electrons. The lowest BCUT2D eigenvalue weighted by atomic mass is 10.1. The van der Waals surface area contributed by atoms with Crippen molar-refractivity contribution >= 4 is 12.1 Å². The summed E-state index contributed by atoms with van der Waals surface area (Å²) in [6.07, 6.45) is -0.689. The highest BCUT2D eigenvalue weighted by atomic mass is 16.6. The molecule has 0 aromatic heterocycles. The number of carboxylic acid groups (broad SMARTS) is 1. The minimum atomic E-state index is -1.24. The third-order valence-corrected chi connectivity index (χ3v) is 2.75. The van der Waals surface area contributed by atoms with Crippen molar-refractivity contribution in [3.63, 3.8) is 0 Å². The van der Waals surface area contributed by atoms with Crippen LogP contribution >= 0.6 is 0 Å². The van der Waals surface area contributed by atoms with Gasteiger partial charge in [-0.15, -0.1) is 10.1 Å². The molecule has 0 heterocycles. The summed E-state index contributed by atoms with van der Waals surface area (Å²) in [4.78, 5) is 32.5. The van der Waals surface area contributed by atoms with Gasteiger partial charge in [-0.25, -0.2) is 9.59 Å². The summed E-state index contributed by atoms with van der Waals surface area (Å²) in [7, 11) is 0. The van der Waals surface area contributed by atoms with Gasteiger partial charge in [-0.05, 0) is 18.4 Å². The Morgan fingerprint density at radius 2 is 2.00 bits per heavy atom. The standard InChI is InChI=1S/C13H17N3O6/c17-12(18)11(7-4-8-16(21)15-20)14-13(19)22-9-10-5-2-1-3-6-10/h1-3,5-6,11,21H,4,7-9H2,(H,14,19)(H,17,18)/t11-/m0/s1. The summed E-state index contributed by atoms with van der Waals surface area (Å²) >= 11 is 0. The van der Waals surface area contributed by atoms with Crippen molar-refractivity contribution in [1.82, 2.24) is 10.5 Å². The molecule has 0 radical (unpaired) electrons. The van der Waals surface area contributed by atoms with E-state index in [4.69, 9.17) is 15.1 Å². The number of alkyl carbamates (subject to hydrolysis) is 1. The van der Waals surface area contributed by atoms with Crippen LogP contribution in [0.25, 0.3) is 0 Å². The lowest BCUT2D eigenvalue weighted by molar-refractivity contribution is -0.140. The Morgan fingerprint density at radius 1 is 1.32 bits per heavy atom. The molecule has 0 aliphatic rings. The number of hydrogen-bond acceptors (Lipinski definition) is 6. The quantitative estimate of drug-likeness (QED) is 0.465. The molecule has 0 unspecified atom stereocenters. The molecule has 0 bridgehead atoms. The topological polar surface area (TPSA) is 129 Å². The first kappa shape index (κ1) is 17.4. The first-order chi connectivity index (χ1) is 10.5. The molecule has 9 heteroatoms. The van der Waals surface area contributed by atoms with Gasteiger partial charge in [-0.2, -0.15) is 0 Å². The molecular weight excluding hydrogens is 294 g/mol. The average Bonchev–Trinajstić information content (AvgIpc) is 2.52. The molecular formula is C13H17N3O6. The number of benzene rings is 1. The second-order valence-corrected chi connectivity index (χ2v) is 4.42. The molecule has 1 amide bonds. The van der Waals surface area contributed by atoms with Crippen molar-refractivity contribution < 1.29 is 24.6 Å². The van der Waals surface area contributed by atoms with Gasteiger partial charge in [0.05, 0.1) is 11.8 Å². The van der Waals surface area contributed by atoms with Crippen molar-refractivity contribution in [3.05, 3.63) is 40.8 Å². The van der Waals surface area contributed by atoms with Crippen LogP contribution in [0.15, 0.2) is 35.6 Å². The zero-order chi connectivity index (χ0) is 16.4. The fraction of sp³-hybridized carbons (Fsp3) is 0.385. The van der Waals surface area contributed by atoms with Crippen molar-refractivity contribution in [2.45, 2.75) is 25.5 Å². The Kier molecular flexibility index (Phi) is 7.34. The summed E-state index contributed by atoms with van der Waals surface area (Å²) in [5.41, 5.74) is 0.775. The Hall–Kier alpha value is -2.68. The monoisotopic (exact) mass is 311 g/mol. The predicted molar refractivity (Wildman–Crippen MR) is 74.7 cm³/mol. The molecule has 3 N–H and O–H groups in total. The van der Waals surface area contributed by atoms with E-state index in [9.17, 15) is 14.5 Å². The summed E-state index contributed by atoms with van der Waals surface area (Å²) in [5, 5.41) is 22.4. The number of amides is 1. The van der Waals surface area contributed by atoms with Gasteiger partial charge in [0.1, 0.15) is 12.6 Å². The number of rotatable bonds is 9. The molecule has 1 aromatic rings. The minimum Gasteiger partial charge on any atom is -0.480 e. The molecule has 0 saturated carbocycles. The molecule has 22 heavy (non-hydrogen) atoms. The van der Waals surface area contributed by atoms with Crippen molar-refractivity contribution in [1.29, 1.82) is 0 Å². The Bertz CT molecular complexity index is 496. The van der Waals surface area contributed by atoms with Crippen LogP contribution in [-0.4, -0.2) is 40.1 Å². The maximum atomic E-state index is 11.6. The highest BCUT2D eigenvalue weighted by Gasteiger charge is 2.20. The summed E-state index contributed by atoms with van der Waals surface area (Å²) in [5.74, 6) is -1.24. The first-order valence-corrected chi connectivity index (χ1v) is 6.52. The van der Waals surface area contributed by atoms with E-state index >= 15 is 0 Å². The number of nitrogens with one attached hydrogen (secondary N) is 1. The maximum absolute atomic E-state index is 11.6. The molecule has 0 aliphatic carbocycles. The maximum Gasteiger partial charge on any atom is 0.408 e. The van der Waals surface area contributed by atoms with Gasteiger partial charge in [-0.1, -0.05) is 30.3 Å². The van der Waals surface area contributed by atoms with Gasteiger partial charge in [0.2, 0.25) is 0 Å². The third-order valence-electron chi connectivity index (χ3n) is 2.75. The molecule has 0 fully saturated rings. The molecule has 0 saturated heterocycles. The van der Waals surface area contributed by atoms with E-state index < -0.39 is 18.1 Å². The fourth-order valence-corrected chi connectivity index (χ4v) is 1.64. The number of nitrogens with zero attached hydrogens (tertiary/aromatic N) is 2. The van der Waals surface area contributed by atoms with E-state index in [1.165, 1.54) is 0 Å². The Morgan fingerprint density at radius 3 is 2.59 bits per heavy atom. The number of aliphatic carboxylic acids is 1. The van der Waals surface area contributed by atoms with Crippen LogP contribution in [0, 0.1) is 4.91 Å². The van der Waals surface area contributed by atoms with Gasteiger partial charge in [-0.3, -0.25) is 5.21 Å². The molecule has 1 rings (SSSR count). The van der Waals surface area contributed by atoms with Crippen LogP contribution in [0.3, 0.4) is 0 Å². The number of hydroxylamine groups is 1. The van der Waals surface area contributed by atoms with Crippen LogP contribution in [0.2, 0.25) is 0 Å². The first-order valence-electron chi connectivity index (χ1n) is 6.52. The predicted octanol–water partition coefficient (Wildman–Crippen LogP) is 1.52. The van der Waals surface area contributed by atoms with Crippen LogP contribution in [0.4, 0.5) is 4.79 Å². The summed E-state index contributed by atoms with van der Waals surface area (Å²) in [6.45, 7) is -0.105. The van der Waals surface area contributed by atoms with Gasteiger partial charge >= 0.3 is 12.1 Å². The fourth-order valence-electron chi connectivity index (χ4n) is 1.64. The van der Waals surface area contributed by atoms with Crippen molar-refractivity contribution in [3.8, 4) is 0 Å².